The Hall–Kier alpha value is -0.380. The van der Waals surface area contributed by atoms with Crippen LogP contribution in [0.5, 0.6) is 0 Å². The van der Waals surface area contributed by atoms with Gasteiger partial charge in [0.1, 0.15) is 0 Å². The fraction of sp³-hybridized carbons (Fsp3) is 0.692. The van der Waals surface area contributed by atoms with Crippen molar-refractivity contribution in [2.75, 3.05) is 6.54 Å². The SMILES string of the molecule is CCC(C)(O)CN(Cc1ccsc1)C1CC1. The van der Waals surface area contributed by atoms with Gasteiger partial charge in [0, 0.05) is 19.1 Å². The highest BCUT2D eigenvalue weighted by Crippen LogP contribution is 2.30. The summed E-state index contributed by atoms with van der Waals surface area (Å²) >= 11 is 1.75. The average Bonchev–Trinajstić information content (AvgIpc) is 2.97. The lowest BCUT2D eigenvalue weighted by Gasteiger charge is -2.30. The predicted octanol–water partition coefficient (Wildman–Crippen LogP) is 2.87. The Labute approximate surface area is 102 Å². The molecule has 0 aromatic carbocycles. The van der Waals surface area contributed by atoms with E-state index in [0.29, 0.717) is 6.04 Å². The molecule has 0 saturated heterocycles. The maximum Gasteiger partial charge on any atom is 0.0743 e. The fourth-order valence-corrected chi connectivity index (χ4v) is 2.58. The van der Waals surface area contributed by atoms with Gasteiger partial charge in [0.15, 0.2) is 0 Å². The highest BCUT2D eigenvalue weighted by molar-refractivity contribution is 7.07. The van der Waals surface area contributed by atoms with Gasteiger partial charge in [-0.05, 0) is 48.6 Å². The van der Waals surface area contributed by atoms with E-state index in [1.165, 1.54) is 18.4 Å². The van der Waals surface area contributed by atoms with Crippen molar-refractivity contribution >= 4 is 11.3 Å². The summed E-state index contributed by atoms with van der Waals surface area (Å²) in [4.78, 5) is 2.44. The Balaban J connectivity index is 1.95. The lowest BCUT2D eigenvalue weighted by atomic mass is 10.0. The summed E-state index contributed by atoms with van der Waals surface area (Å²) in [5.74, 6) is 0. The number of hydrogen-bond acceptors (Lipinski definition) is 3. The number of hydrogen-bond donors (Lipinski definition) is 1. The van der Waals surface area contributed by atoms with Crippen molar-refractivity contribution < 1.29 is 5.11 Å². The molecule has 1 aliphatic carbocycles. The molecule has 1 unspecified atom stereocenters. The van der Waals surface area contributed by atoms with Gasteiger partial charge < -0.3 is 5.11 Å². The minimum absolute atomic E-state index is 0.543. The second kappa shape index (κ2) is 4.86. The summed E-state index contributed by atoms with van der Waals surface area (Å²) in [5.41, 5.74) is 0.835. The number of thiophene rings is 1. The van der Waals surface area contributed by atoms with Crippen molar-refractivity contribution in [1.82, 2.24) is 4.90 Å². The van der Waals surface area contributed by atoms with Crippen LogP contribution in [0.4, 0.5) is 0 Å². The summed E-state index contributed by atoms with van der Waals surface area (Å²) in [7, 11) is 0. The van der Waals surface area contributed by atoms with Gasteiger partial charge in [-0.15, -0.1) is 0 Å². The van der Waals surface area contributed by atoms with Crippen LogP contribution in [0, 0.1) is 0 Å². The minimum Gasteiger partial charge on any atom is -0.389 e. The van der Waals surface area contributed by atoms with E-state index >= 15 is 0 Å². The van der Waals surface area contributed by atoms with Crippen LogP contribution in [-0.2, 0) is 6.54 Å². The van der Waals surface area contributed by atoms with Crippen molar-refractivity contribution in [1.29, 1.82) is 0 Å². The largest absolute Gasteiger partial charge is 0.389 e. The Morgan fingerprint density at radius 2 is 2.31 bits per heavy atom. The molecule has 16 heavy (non-hydrogen) atoms. The zero-order valence-electron chi connectivity index (χ0n) is 10.1. The summed E-state index contributed by atoms with van der Waals surface area (Å²) in [6, 6.07) is 2.89. The third-order valence-corrected chi connectivity index (χ3v) is 4.07. The van der Waals surface area contributed by atoms with Gasteiger partial charge in [-0.1, -0.05) is 6.92 Å². The fourth-order valence-electron chi connectivity index (χ4n) is 1.92. The molecule has 0 spiro atoms. The summed E-state index contributed by atoms with van der Waals surface area (Å²) in [6.07, 6.45) is 3.41. The van der Waals surface area contributed by atoms with Crippen LogP contribution in [0.25, 0.3) is 0 Å². The smallest absolute Gasteiger partial charge is 0.0743 e. The van der Waals surface area contributed by atoms with Crippen LogP contribution in [0.15, 0.2) is 16.8 Å². The zero-order chi connectivity index (χ0) is 11.6. The summed E-state index contributed by atoms with van der Waals surface area (Å²) in [5, 5.41) is 14.5. The second-order valence-electron chi connectivity index (χ2n) is 5.12. The van der Waals surface area contributed by atoms with Crippen LogP contribution in [0.1, 0.15) is 38.7 Å². The van der Waals surface area contributed by atoms with Crippen LogP contribution in [-0.4, -0.2) is 28.2 Å². The van der Waals surface area contributed by atoms with Crippen molar-refractivity contribution in [2.24, 2.45) is 0 Å². The van der Waals surface area contributed by atoms with Crippen LogP contribution in [0.2, 0.25) is 0 Å². The van der Waals surface area contributed by atoms with E-state index in [9.17, 15) is 5.11 Å². The maximum atomic E-state index is 10.2. The van der Waals surface area contributed by atoms with Crippen molar-refractivity contribution in [3.05, 3.63) is 22.4 Å². The Morgan fingerprint density at radius 3 is 2.81 bits per heavy atom. The van der Waals surface area contributed by atoms with Gasteiger partial charge >= 0.3 is 0 Å². The van der Waals surface area contributed by atoms with Gasteiger partial charge in [-0.25, -0.2) is 0 Å². The first kappa shape index (κ1) is 12.1. The molecule has 3 heteroatoms. The topological polar surface area (TPSA) is 23.5 Å². The molecule has 0 bridgehead atoms. The minimum atomic E-state index is -0.543. The first-order valence-corrected chi connectivity index (χ1v) is 7.02. The first-order valence-electron chi connectivity index (χ1n) is 6.08. The van der Waals surface area contributed by atoms with E-state index in [1.807, 2.05) is 6.92 Å². The van der Waals surface area contributed by atoms with Crippen LogP contribution in [0.3, 0.4) is 0 Å². The highest BCUT2D eigenvalue weighted by Gasteiger charge is 2.33. The molecular formula is C13H21NOS. The molecule has 1 aromatic heterocycles. The van der Waals surface area contributed by atoms with E-state index in [2.05, 4.69) is 28.7 Å². The molecule has 0 aliphatic heterocycles. The maximum absolute atomic E-state index is 10.2. The molecule has 2 nitrogen and oxygen atoms in total. The van der Waals surface area contributed by atoms with E-state index in [-0.39, 0.29) is 0 Å². The Kier molecular flexibility index (Phi) is 3.67. The Morgan fingerprint density at radius 1 is 1.56 bits per heavy atom. The third kappa shape index (κ3) is 3.30. The van der Waals surface area contributed by atoms with E-state index in [0.717, 1.165) is 19.5 Å². The molecule has 0 amide bonds. The molecule has 1 N–H and O–H groups in total. The number of aliphatic hydroxyl groups is 1. The molecule has 1 heterocycles. The zero-order valence-corrected chi connectivity index (χ0v) is 11.0. The molecule has 1 aliphatic rings. The first-order chi connectivity index (χ1) is 7.61. The van der Waals surface area contributed by atoms with Crippen molar-refractivity contribution in [3.63, 3.8) is 0 Å². The predicted molar refractivity (Wildman–Crippen MR) is 68.7 cm³/mol. The normalized spacial score (nSPS) is 20.0. The van der Waals surface area contributed by atoms with Crippen molar-refractivity contribution in [2.45, 2.75) is 51.3 Å². The standard InChI is InChI=1S/C13H21NOS/c1-3-13(2,15)10-14(12-4-5-12)8-11-6-7-16-9-11/h6-7,9,12,15H,3-5,8,10H2,1-2H3. The lowest BCUT2D eigenvalue weighted by molar-refractivity contribution is 0.0112. The third-order valence-electron chi connectivity index (χ3n) is 3.33. The molecule has 1 aromatic rings. The molecule has 1 saturated carbocycles. The van der Waals surface area contributed by atoms with Crippen molar-refractivity contribution in [3.8, 4) is 0 Å². The van der Waals surface area contributed by atoms with Gasteiger partial charge in [0.2, 0.25) is 0 Å². The van der Waals surface area contributed by atoms with Crippen LogP contribution < -0.4 is 0 Å². The second-order valence-corrected chi connectivity index (χ2v) is 5.90. The quantitative estimate of drug-likeness (QED) is 0.825. The van der Waals surface area contributed by atoms with Gasteiger partial charge in [-0.3, -0.25) is 4.90 Å². The van der Waals surface area contributed by atoms with E-state index in [4.69, 9.17) is 0 Å². The molecule has 90 valence electrons. The van der Waals surface area contributed by atoms with Gasteiger partial charge in [0.25, 0.3) is 0 Å². The monoisotopic (exact) mass is 239 g/mol. The molecule has 1 fully saturated rings. The number of rotatable bonds is 6. The Bertz CT molecular complexity index is 317. The molecule has 0 radical (unpaired) electrons. The molecular weight excluding hydrogens is 218 g/mol. The van der Waals surface area contributed by atoms with Gasteiger partial charge in [-0.2, -0.15) is 11.3 Å². The lowest BCUT2D eigenvalue weighted by Crippen LogP contribution is -2.41. The average molecular weight is 239 g/mol. The summed E-state index contributed by atoms with van der Waals surface area (Å²) in [6.45, 7) is 5.78. The van der Waals surface area contributed by atoms with Gasteiger partial charge in [0.05, 0.1) is 5.60 Å². The molecule has 2 rings (SSSR count). The van der Waals surface area contributed by atoms with E-state index in [1.54, 1.807) is 11.3 Å². The molecule has 1 atom stereocenters. The van der Waals surface area contributed by atoms with Crippen LogP contribution >= 0.6 is 11.3 Å². The summed E-state index contributed by atoms with van der Waals surface area (Å²) < 4.78 is 0. The van der Waals surface area contributed by atoms with E-state index < -0.39 is 5.60 Å². The number of nitrogens with zero attached hydrogens (tertiary/aromatic N) is 1. The highest BCUT2D eigenvalue weighted by atomic mass is 32.1.